The van der Waals surface area contributed by atoms with Gasteiger partial charge in [0.2, 0.25) is 0 Å². The van der Waals surface area contributed by atoms with Crippen LogP contribution in [-0.4, -0.2) is 0 Å². The fourth-order valence-electron chi connectivity index (χ4n) is 2.59. The maximum Gasteiger partial charge on any atom is 0.0646 e. The first-order chi connectivity index (χ1) is 10.3. The summed E-state index contributed by atoms with van der Waals surface area (Å²) in [6.07, 6.45) is 3.65. The number of hydrogen-bond acceptors (Lipinski definition) is 2. The Balaban J connectivity index is 1.82. The van der Waals surface area contributed by atoms with Crippen molar-refractivity contribution in [3.8, 4) is 0 Å². The Labute approximate surface area is 130 Å². The van der Waals surface area contributed by atoms with Gasteiger partial charge < -0.3 is 5.73 Å². The fraction of sp³-hybridized carbons (Fsp3) is 0.263. The maximum absolute atomic E-state index is 6.44. The Bertz CT molecular complexity index is 679. The first-order valence-corrected chi connectivity index (χ1v) is 8.42. The SMILES string of the molecule is CCCCc1ccc(C(N)c2cc3ccccc3s2)cc1. The summed E-state index contributed by atoms with van der Waals surface area (Å²) in [5.41, 5.74) is 9.04. The molecule has 1 heterocycles. The summed E-state index contributed by atoms with van der Waals surface area (Å²) in [6.45, 7) is 2.23. The van der Waals surface area contributed by atoms with Gasteiger partial charge in [-0.3, -0.25) is 0 Å². The van der Waals surface area contributed by atoms with Crippen LogP contribution in [-0.2, 0) is 6.42 Å². The van der Waals surface area contributed by atoms with E-state index in [1.165, 1.54) is 38.9 Å². The second-order valence-electron chi connectivity index (χ2n) is 5.51. The third kappa shape index (κ3) is 3.17. The highest BCUT2D eigenvalue weighted by Gasteiger charge is 2.12. The molecule has 1 nitrogen and oxygen atoms in total. The van der Waals surface area contributed by atoms with Crippen LogP contribution in [0.5, 0.6) is 0 Å². The first kappa shape index (κ1) is 14.3. The molecule has 1 atom stereocenters. The Morgan fingerprint density at radius 3 is 2.52 bits per heavy atom. The zero-order valence-electron chi connectivity index (χ0n) is 12.4. The van der Waals surface area contributed by atoms with Crippen LogP contribution in [0.1, 0.15) is 41.8 Å². The summed E-state index contributed by atoms with van der Waals surface area (Å²) in [4.78, 5) is 1.23. The van der Waals surface area contributed by atoms with Crippen molar-refractivity contribution >= 4 is 21.4 Å². The number of nitrogens with two attached hydrogens (primary N) is 1. The van der Waals surface area contributed by atoms with Gasteiger partial charge in [-0.15, -0.1) is 11.3 Å². The van der Waals surface area contributed by atoms with Crippen molar-refractivity contribution in [2.24, 2.45) is 5.73 Å². The van der Waals surface area contributed by atoms with Crippen LogP contribution in [0.2, 0.25) is 0 Å². The molecule has 0 spiro atoms. The molecule has 0 saturated carbocycles. The van der Waals surface area contributed by atoms with Crippen molar-refractivity contribution in [2.45, 2.75) is 32.2 Å². The molecule has 108 valence electrons. The predicted octanol–water partition coefficient (Wildman–Crippen LogP) is 5.29. The molecule has 0 amide bonds. The molecule has 2 aromatic carbocycles. The summed E-state index contributed by atoms with van der Waals surface area (Å²) < 4.78 is 1.31. The molecule has 0 bridgehead atoms. The zero-order valence-corrected chi connectivity index (χ0v) is 13.2. The molecule has 2 heteroatoms. The van der Waals surface area contributed by atoms with Gasteiger partial charge in [-0.1, -0.05) is 55.8 Å². The fourth-order valence-corrected chi connectivity index (χ4v) is 3.69. The van der Waals surface area contributed by atoms with Gasteiger partial charge in [0.05, 0.1) is 6.04 Å². The van der Waals surface area contributed by atoms with Crippen molar-refractivity contribution in [2.75, 3.05) is 0 Å². The summed E-state index contributed by atoms with van der Waals surface area (Å²) in [6, 6.07) is 19.5. The first-order valence-electron chi connectivity index (χ1n) is 7.61. The number of hydrogen-bond donors (Lipinski definition) is 1. The molecule has 3 rings (SSSR count). The van der Waals surface area contributed by atoms with Crippen LogP contribution in [0.3, 0.4) is 0 Å². The Morgan fingerprint density at radius 2 is 1.81 bits per heavy atom. The summed E-state index contributed by atoms with van der Waals surface area (Å²) >= 11 is 1.79. The predicted molar refractivity (Wildman–Crippen MR) is 92.9 cm³/mol. The van der Waals surface area contributed by atoms with E-state index in [-0.39, 0.29) is 6.04 Å². The average Bonchev–Trinajstić information content (AvgIpc) is 2.96. The van der Waals surface area contributed by atoms with Crippen LogP contribution < -0.4 is 5.73 Å². The van der Waals surface area contributed by atoms with Crippen LogP contribution in [0.25, 0.3) is 10.1 Å². The van der Waals surface area contributed by atoms with Gasteiger partial charge in [0.15, 0.2) is 0 Å². The molecule has 0 aliphatic carbocycles. The van der Waals surface area contributed by atoms with Crippen LogP contribution >= 0.6 is 11.3 Å². The van der Waals surface area contributed by atoms with E-state index in [1.807, 2.05) is 0 Å². The lowest BCUT2D eigenvalue weighted by Gasteiger charge is -2.10. The van der Waals surface area contributed by atoms with E-state index in [4.69, 9.17) is 5.73 Å². The normalized spacial score (nSPS) is 12.7. The summed E-state index contributed by atoms with van der Waals surface area (Å²) in [5, 5.41) is 1.28. The van der Waals surface area contributed by atoms with Gasteiger partial charge in [0, 0.05) is 9.58 Å². The van der Waals surface area contributed by atoms with Crippen molar-refractivity contribution in [3.05, 3.63) is 70.6 Å². The topological polar surface area (TPSA) is 26.0 Å². The van der Waals surface area contributed by atoms with Crippen LogP contribution in [0.4, 0.5) is 0 Å². The molecule has 0 radical (unpaired) electrons. The van der Waals surface area contributed by atoms with Crippen molar-refractivity contribution in [1.82, 2.24) is 0 Å². The monoisotopic (exact) mass is 295 g/mol. The van der Waals surface area contributed by atoms with Crippen LogP contribution in [0.15, 0.2) is 54.6 Å². The van der Waals surface area contributed by atoms with E-state index in [1.54, 1.807) is 11.3 Å². The van der Waals surface area contributed by atoms with Gasteiger partial charge >= 0.3 is 0 Å². The standard InChI is InChI=1S/C19H21NS/c1-2-3-6-14-9-11-15(12-10-14)19(20)18-13-16-7-4-5-8-17(16)21-18/h4-5,7-13,19H,2-3,6,20H2,1H3. The molecule has 1 unspecified atom stereocenters. The molecule has 3 aromatic rings. The van der Waals surface area contributed by atoms with E-state index in [2.05, 4.69) is 61.5 Å². The van der Waals surface area contributed by atoms with E-state index >= 15 is 0 Å². The highest BCUT2D eigenvalue weighted by atomic mass is 32.1. The van der Waals surface area contributed by atoms with Gasteiger partial charge in [-0.25, -0.2) is 0 Å². The number of benzene rings is 2. The van der Waals surface area contributed by atoms with Crippen molar-refractivity contribution in [1.29, 1.82) is 0 Å². The highest BCUT2D eigenvalue weighted by Crippen LogP contribution is 2.31. The zero-order chi connectivity index (χ0) is 14.7. The lowest BCUT2D eigenvalue weighted by Crippen LogP contribution is -2.10. The molecule has 0 saturated heterocycles. The van der Waals surface area contributed by atoms with Gasteiger partial charge in [0.1, 0.15) is 0 Å². The van der Waals surface area contributed by atoms with Gasteiger partial charge in [0.25, 0.3) is 0 Å². The second-order valence-corrected chi connectivity index (χ2v) is 6.62. The van der Waals surface area contributed by atoms with E-state index in [0.717, 1.165) is 6.42 Å². The lowest BCUT2D eigenvalue weighted by atomic mass is 10.0. The largest absolute Gasteiger partial charge is 0.320 e. The maximum atomic E-state index is 6.44. The van der Waals surface area contributed by atoms with Gasteiger partial charge in [-0.05, 0) is 41.5 Å². The second kappa shape index (κ2) is 6.42. The van der Waals surface area contributed by atoms with E-state index < -0.39 is 0 Å². The molecule has 1 aromatic heterocycles. The number of unbranched alkanes of at least 4 members (excludes halogenated alkanes) is 1. The minimum absolute atomic E-state index is 0.0253. The third-order valence-electron chi connectivity index (χ3n) is 3.91. The average molecular weight is 295 g/mol. The molecule has 0 fully saturated rings. The molecule has 0 aliphatic heterocycles. The van der Waals surface area contributed by atoms with Gasteiger partial charge in [-0.2, -0.15) is 0 Å². The molecule has 0 aliphatic rings. The van der Waals surface area contributed by atoms with E-state index in [9.17, 15) is 0 Å². The minimum atomic E-state index is -0.0253. The third-order valence-corrected chi connectivity index (χ3v) is 5.11. The van der Waals surface area contributed by atoms with Crippen molar-refractivity contribution < 1.29 is 0 Å². The molecule has 2 N–H and O–H groups in total. The van der Waals surface area contributed by atoms with Crippen molar-refractivity contribution in [3.63, 3.8) is 0 Å². The number of fused-ring (bicyclic) bond motifs is 1. The van der Waals surface area contributed by atoms with Crippen LogP contribution in [0, 0.1) is 0 Å². The Kier molecular flexibility index (Phi) is 4.37. The quantitative estimate of drug-likeness (QED) is 0.680. The highest BCUT2D eigenvalue weighted by molar-refractivity contribution is 7.19. The molecular formula is C19H21NS. The van der Waals surface area contributed by atoms with E-state index in [0.29, 0.717) is 0 Å². The number of aryl methyl sites for hydroxylation is 1. The molecule has 21 heavy (non-hydrogen) atoms. The summed E-state index contributed by atoms with van der Waals surface area (Å²) in [5.74, 6) is 0. The molecular weight excluding hydrogens is 274 g/mol. The number of rotatable bonds is 5. The lowest BCUT2D eigenvalue weighted by molar-refractivity contribution is 0.793. The Morgan fingerprint density at radius 1 is 1.05 bits per heavy atom. The minimum Gasteiger partial charge on any atom is -0.320 e. The Hall–Kier alpha value is -1.64. The number of thiophene rings is 1. The summed E-state index contributed by atoms with van der Waals surface area (Å²) in [7, 11) is 0. The smallest absolute Gasteiger partial charge is 0.0646 e.